The number of carbonyl (C=O) groups is 5. The Morgan fingerprint density at radius 1 is 1.20 bits per heavy atom. The zero-order valence-electron chi connectivity index (χ0n) is 20.5. The van der Waals surface area contributed by atoms with Gasteiger partial charge in [-0.25, -0.2) is 4.79 Å². The smallest absolute Gasteiger partial charge is 0.408 e. The predicted molar refractivity (Wildman–Crippen MR) is 126 cm³/mol. The van der Waals surface area contributed by atoms with E-state index in [1.54, 1.807) is 52.0 Å². The number of carbonyl (C=O) groups excluding carboxylic acids is 5. The Morgan fingerprint density at radius 2 is 1.86 bits per heavy atom. The van der Waals surface area contributed by atoms with Crippen LogP contribution in [-0.4, -0.2) is 60.0 Å². The number of alkyl carbamates (subject to hydrolysis) is 1. The van der Waals surface area contributed by atoms with Gasteiger partial charge in [0.1, 0.15) is 24.2 Å². The second kappa shape index (κ2) is 13.0. The number of aryl methyl sites for hydroxylation is 1. The number of rotatable bonds is 10. The first-order chi connectivity index (χ1) is 16.3. The summed E-state index contributed by atoms with van der Waals surface area (Å²) in [4.78, 5) is 62.6. The number of hydrogen-bond donors (Lipinski definition) is 3. The number of primary amides is 1. The highest BCUT2D eigenvalue weighted by Gasteiger charge is 2.36. The minimum Gasteiger partial charge on any atom is -0.468 e. The molecule has 0 spiro atoms. The van der Waals surface area contributed by atoms with E-state index in [2.05, 4.69) is 21.4 Å². The number of nitrogens with two attached hydrogens (primary N) is 1. The number of methoxy groups -OCH3 is 1. The molecule has 190 valence electrons. The molecule has 0 radical (unpaired) electrons. The first-order valence-electron chi connectivity index (χ1n) is 10.8. The molecule has 0 saturated carbocycles. The van der Waals surface area contributed by atoms with Crippen LogP contribution in [0.5, 0.6) is 0 Å². The van der Waals surface area contributed by atoms with Crippen molar-refractivity contribution in [3.8, 4) is 12.5 Å². The number of hydrogen-bond acceptors (Lipinski definition) is 7. The zero-order chi connectivity index (χ0) is 26.8. The fourth-order valence-electron chi connectivity index (χ4n) is 3.01. The van der Waals surface area contributed by atoms with Gasteiger partial charge < -0.3 is 25.8 Å². The molecule has 0 bridgehead atoms. The Labute approximate surface area is 204 Å². The van der Waals surface area contributed by atoms with Crippen molar-refractivity contribution in [3.05, 3.63) is 35.4 Å². The number of ether oxygens (including phenoxy) is 2. The Bertz CT molecular complexity index is 994. The molecule has 0 aliphatic carbocycles. The number of terminal acetylenes is 1. The molecule has 0 aliphatic heterocycles. The summed E-state index contributed by atoms with van der Waals surface area (Å²) in [5, 5.41) is 4.79. The van der Waals surface area contributed by atoms with E-state index in [0.29, 0.717) is 5.56 Å². The molecule has 11 nitrogen and oxygen atoms in total. The molecule has 0 aromatic heterocycles. The van der Waals surface area contributed by atoms with Crippen molar-refractivity contribution in [3.63, 3.8) is 0 Å². The van der Waals surface area contributed by atoms with E-state index in [1.807, 2.05) is 0 Å². The Kier molecular flexibility index (Phi) is 10.7. The molecule has 4 amide bonds. The van der Waals surface area contributed by atoms with E-state index >= 15 is 0 Å². The van der Waals surface area contributed by atoms with Crippen LogP contribution in [0, 0.1) is 19.4 Å². The summed E-state index contributed by atoms with van der Waals surface area (Å²) in [6.07, 6.45) is 4.30. The van der Waals surface area contributed by atoms with Gasteiger partial charge in [0, 0.05) is 12.5 Å². The maximum atomic E-state index is 13.5. The predicted octanol–water partition coefficient (Wildman–Crippen LogP) is 0.903. The van der Waals surface area contributed by atoms with E-state index in [9.17, 15) is 24.0 Å². The van der Waals surface area contributed by atoms with Crippen LogP contribution in [0.3, 0.4) is 0 Å². The quantitative estimate of drug-likeness (QED) is 0.251. The van der Waals surface area contributed by atoms with Crippen LogP contribution >= 0.6 is 0 Å². The molecule has 0 saturated heterocycles. The third kappa shape index (κ3) is 9.75. The van der Waals surface area contributed by atoms with E-state index < -0.39 is 54.0 Å². The average Bonchev–Trinajstić information content (AvgIpc) is 2.76. The molecule has 2 atom stereocenters. The lowest BCUT2D eigenvalue weighted by atomic mass is 10.0. The van der Waals surface area contributed by atoms with Crippen LogP contribution in [0.15, 0.2) is 24.3 Å². The summed E-state index contributed by atoms with van der Waals surface area (Å²) in [6.45, 7) is 6.25. The number of esters is 1. The number of nitrogens with zero attached hydrogens (tertiary/aromatic N) is 1. The van der Waals surface area contributed by atoms with Crippen molar-refractivity contribution < 1.29 is 33.4 Å². The van der Waals surface area contributed by atoms with Crippen LogP contribution in [0.4, 0.5) is 4.79 Å². The first kappa shape index (κ1) is 29.0. The van der Waals surface area contributed by atoms with Gasteiger partial charge >= 0.3 is 12.1 Å². The molecule has 0 heterocycles. The van der Waals surface area contributed by atoms with E-state index in [4.69, 9.17) is 16.9 Å². The molecule has 0 aliphatic rings. The van der Waals surface area contributed by atoms with Gasteiger partial charge in [-0.3, -0.25) is 24.1 Å². The summed E-state index contributed by atoms with van der Waals surface area (Å²) >= 11 is 0. The van der Waals surface area contributed by atoms with E-state index in [0.717, 1.165) is 17.6 Å². The third-order valence-electron chi connectivity index (χ3n) is 4.54. The maximum Gasteiger partial charge on any atom is 0.408 e. The molecule has 4 N–H and O–H groups in total. The second-order valence-corrected chi connectivity index (χ2v) is 8.65. The van der Waals surface area contributed by atoms with Crippen molar-refractivity contribution in [2.45, 2.75) is 58.2 Å². The van der Waals surface area contributed by atoms with Gasteiger partial charge in [0.05, 0.1) is 7.11 Å². The molecule has 2 unspecified atom stereocenters. The van der Waals surface area contributed by atoms with Gasteiger partial charge in [-0.1, -0.05) is 36.3 Å². The molecule has 35 heavy (non-hydrogen) atoms. The normalized spacial score (nSPS) is 12.3. The summed E-state index contributed by atoms with van der Waals surface area (Å²) in [5.41, 5.74) is 5.52. The summed E-state index contributed by atoms with van der Waals surface area (Å²) in [7, 11) is 1.16. The molecule has 1 aromatic rings. The summed E-state index contributed by atoms with van der Waals surface area (Å²) in [5.74, 6) is -3.00. The van der Waals surface area contributed by atoms with Crippen LogP contribution in [0.2, 0.25) is 0 Å². The lowest BCUT2D eigenvalue weighted by Gasteiger charge is -2.30. The van der Waals surface area contributed by atoms with E-state index in [-0.39, 0.29) is 12.8 Å². The Hall–Kier alpha value is -4.07. The highest BCUT2D eigenvalue weighted by atomic mass is 16.6. The van der Waals surface area contributed by atoms with Gasteiger partial charge in [-0.15, -0.1) is 0 Å². The van der Waals surface area contributed by atoms with Crippen LogP contribution in [0.25, 0.3) is 0 Å². The van der Waals surface area contributed by atoms with E-state index in [1.165, 1.54) is 0 Å². The SMILES string of the molecule is C#CN(C(=O)C(CCC(N)=O)NC(=O)OC(C)(C)C)C(C(=O)NCC(=O)OC)c1cccc(C)c1. The molecular weight excluding hydrogens is 456 g/mol. The largest absolute Gasteiger partial charge is 0.468 e. The van der Waals surface area contributed by atoms with Gasteiger partial charge in [0.2, 0.25) is 11.8 Å². The van der Waals surface area contributed by atoms with Gasteiger partial charge in [0.25, 0.3) is 5.91 Å². The minimum atomic E-state index is -1.35. The lowest BCUT2D eigenvalue weighted by molar-refractivity contribution is -0.142. The standard InChI is InChI=1S/C24H32N4O7/c1-7-28(22(32)17(11-12-18(25)29)27-23(33)35-24(3,4)5)20(16-10-8-9-15(2)13-16)21(31)26-14-19(30)34-6/h1,8-10,13,17,20H,11-12,14H2,2-6H3,(H2,25,29)(H,26,31)(H,27,33). The van der Waals surface area contributed by atoms with Crippen LogP contribution in [0.1, 0.15) is 50.8 Å². The molecule has 1 rings (SSSR count). The third-order valence-corrected chi connectivity index (χ3v) is 4.54. The molecule has 1 aromatic carbocycles. The van der Waals surface area contributed by atoms with Gasteiger partial charge in [-0.05, 0) is 39.7 Å². The molecule has 11 heteroatoms. The fourth-order valence-corrected chi connectivity index (χ4v) is 3.01. The number of nitrogens with one attached hydrogen (secondary N) is 2. The van der Waals surface area contributed by atoms with Crippen molar-refractivity contribution in [1.29, 1.82) is 0 Å². The van der Waals surface area contributed by atoms with Crippen molar-refractivity contribution in [2.75, 3.05) is 13.7 Å². The van der Waals surface area contributed by atoms with Gasteiger partial charge in [-0.2, -0.15) is 0 Å². The Balaban J connectivity index is 3.36. The van der Waals surface area contributed by atoms with Crippen LogP contribution < -0.4 is 16.4 Å². The average molecular weight is 489 g/mol. The zero-order valence-corrected chi connectivity index (χ0v) is 20.5. The maximum absolute atomic E-state index is 13.5. The van der Waals surface area contributed by atoms with Crippen molar-refractivity contribution >= 4 is 29.8 Å². The first-order valence-corrected chi connectivity index (χ1v) is 10.8. The number of amides is 4. The van der Waals surface area contributed by atoms with Crippen molar-refractivity contribution in [2.24, 2.45) is 5.73 Å². The lowest BCUT2D eigenvalue weighted by Crippen LogP contribution is -2.52. The minimum absolute atomic E-state index is 0.185. The summed E-state index contributed by atoms with van der Waals surface area (Å²) < 4.78 is 9.74. The highest BCUT2D eigenvalue weighted by Crippen LogP contribution is 2.23. The summed E-state index contributed by atoms with van der Waals surface area (Å²) in [6, 6.07) is 6.22. The highest BCUT2D eigenvalue weighted by molar-refractivity contribution is 5.94. The monoisotopic (exact) mass is 488 g/mol. The fraction of sp³-hybridized carbons (Fsp3) is 0.458. The van der Waals surface area contributed by atoms with Crippen LogP contribution in [-0.2, 0) is 28.7 Å². The topological polar surface area (TPSA) is 157 Å². The van der Waals surface area contributed by atoms with Crippen molar-refractivity contribution in [1.82, 2.24) is 15.5 Å². The second-order valence-electron chi connectivity index (χ2n) is 8.65. The van der Waals surface area contributed by atoms with Gasteiger partial charge in [0.15, 0.2) is 0 Å². The molecular formula is C24H32N4O7. The Morgan fingerprint density at radius 3 is 2.37 bits per heavy atom. The molecule has 0 fully saturated rings. The number of benzene rings is 1.